The summed E-state index contributed by atoms with van der Waals surface area (Å²) in [7, 11) is 3.00. The maximum absolute atomic E-state index is 12.5. The van der Waals surface area contributed by atoms with Gasteiger partial charge in [0, 0.05) is 11.1 Å². The van der Waals surface area contributed by atoms with E-state index < -0.39 is 5.41 Å². The molecule has 0 saturated heterocycles. The molecule has 0 aromatic heterocycles. The van der Waals surface area contributed by atoms with Crippen LogP contribution < -0.4 is 9.47 Å². The second kappa shape index (κ2) is 7.38. The van der Waals surface area contributed by atoms with E-state index in [-0.39, 0.29) is 18.4 Å². The first kappa shape index (κ1) is 18.3. The summed E-state index contributed by atoms with van der Waals surface area (Å²) in [4.78, 5) is 25.0. The summed E-state index contributed by atoms with van der Waals surface area (Å²) in [5, 5.41) is 0.611. The zero-order valence-electron chi connectivity index (χ0n) is 14.6. The lowest BCUT2D eigenvalue weighted by atomic mass is 9.96. The summed E-state index contributed by atoms with van der Waals surface area (Å²) in [6, 6.07) is 12.0. The first-order chi connectivity index (χ1) is 12.5. The van der Waals surface area contributed by atoms with Crippen molar-refractivity contribution in [2.24, 2.45) is 0 Å². The van der Waals surface area contributed by atoms with E-state index in [2.05, 4.69) is 0 Å². The Bertz CT molecular complexity index is 825. The molecule has 0 radical (unpaired) electrons. The molecule has 136 valence electrons. The van der Waals surface area contributed by atoms with Gasteiger partial charge in [-0.1, -0.05) is 23.7 Å². The number of ether oxygens (including phenoxy) is 3. The fourth-order valence-corrected chi connectivity index (χ4v) is 3.01. The number of hydrogen-bond donors (Lipinski definition) is 0. The van der Waals surface area contributed by atoms with Crippen LogP contribution in [0.4, 0.5) is 0 Å². The van der Waals surface area contributed by atoms with Crippen molar-refractivity contribution in [3.8, 4) is 11.5 Å². The van der Waals surface area contributed by atoms with Crippen LogP contribution in [-0.2, 0) is 14.9 Å². The Morgan fingerprint density at radius 1 is 1.04 bits per heavy atom. The van der Waals surface area contributed by atoms with Crippen LogP contribution in [0, 0.1) is 0 Å². The molecule has 0 N–H and O–H groups in total. The van der Waals surface area contributed by atoms with Crippen LogP contribution in [-0.4, -0.2) is 32.6 Å². The fraction of sp³-hybridized carbons (Fsp3) is 0.300. The molecule has 1 aliphatic rings. The third-order valence-corrected chi connectivity index (χ3v) is 4.83. The molecule has 1 fully saturated rings. The first-order valence-corrected chi connectivity index (χ1v) is 8.56. The summed E-state index contributed by atoms with van der Waals surface area (Å²) in [6.07, 6.45) is 1.40. The Hall–Kier alpha value is -2.53. The van der Waals surface area contributed by atoms with Crippen molar-refractivity contribution in [3.05, 3.63) is 58.6 Å². The van der Waals surface area contributed by atoms with Crippen molar-refractivity contribution in [2.75, 3.05) is 20.8 Å². The van der Waals surface area contributed by atoms with Crippen LogP contribution in [0.2, 0.25) is 5.02 Å². The molecule has 0 aliphatic heterocycles. The van der Waals surface area contributed by atoms with Crippen molar-refractivity contribution in [1.82, 2.24) is 0 Å². The number of hydrogen-bond acceptors (Lipinski definition) is 5. The summed E-state index contributed by atoms with van der Waals surface area (Å²) in [5.74, 6) is 0.240. The molecule has 0 amide bonds. The van der Waals surface area contributed by atoms with Gasteiger partial charge < -0.3 is 14.2 Å². The predicted molar refractivity (Wildman–Crippen MR) is 97.2 cm³/mol. The smallest absolute Gasteiger partial charge is 0.317 e. The molecule has 1 saturated carbocycles. The number of esters is 1. The van der Waals surface area contributed by atoms with Gasteiger partial charge >= 0.3 is 5.97 Å². The average Bonchev–Trinajstić information content (AvgIpc) is 3.47. The second-order valence-electron chi connectivity index (χ2n) is 6.15. The number of carbonyl (C=O) groups excluding carboxylic acids is 2. The van der Waals surface area contributed by atoms with Crippen LogP contribution in [0.15, 0.2) is 42.5 Å². The Labute approximate surface area is 156 Å². The fourth-order valence-electron chi connectivity index (χ4n) is 2.88. The topological polar surface area (TPSA) is 61.8 Å². The van der Waals surface area contributed by atoms with Crippen molar-refractivity contribution in [2.45, 2.75) is 18.3 Å². The van der Waals surface area contributed by atoms with E-state index >= 15 is 0 Å². The highest BCUT2D eigenvalue weighted by Gasteiger charge is 2.52. The Balaban J connectivity index is 1.68. The molecule has 6 heteroatoms. The molecule has 2 aromatic rings. The van der Waals surface area contributed by atoms with E-state index in [1.54, 1.807) is 30.3 Å². The summed E-state index contributed by atoms with van der Waals surface area (Å²) >= 11 is 5.90. The maximum Gasteiger partial charge on any atom is 0.317 e. The molecule has 3 rings (SSSR count). The standard InChI is InChI=1S/C20H19ClO5/c1-24-15-7-8-16(18(11-15)25-2)17(22)12-26-19(23)20(9-10-20)13-3-5-14(21)6-4-13/h3-8,11H,9-10,12H2,1-2H3. The largest absolute Gasteiger partial charge is 0.497 e. The zero-order chi connectivity index (χ0) is 18.7. The maximum atomic E-state index is 12.5. The van der Waals surface area contributed by atoms with Gasteiger partial charge in [-0.2, -0.15) is 0 Å². The van der Waals surface area contributed by atoms with Gasteiger partial charge in [-0.05, 0) is 42.7 Å². The van der Waals surface area contributed by atoms with Gasteiger partial charge in [-0.25, -0.2) is 0 Å². The highest BCUT2D eigenvalue weighted by Crippen LogP contribution is 2.49. The molecule has 1 aliphatic carbocycles. The van der Waals surface area contributed by atoms with E-state index in [4.69, 9.17) is 25.8 Å². The number of halogens is 1. The predicted octanol–water partition coefficient (Wildman–Crippen LogP) is 3.81. The third kappa shape index (κ3) is 3.53. The first-order valence-electron chi connectivity index (χ1n) is 8.18. The van der Waals surface area contributed by atoms with E-state index in [9.17, 15) is 9.59 Å². The lowest BCUT2D eigenvalue weighted by molar-refractivity contribution is -0.145. The minimum absolute atomic E-state index is 0.329. The molecule has 0 unspecified atom stereocenters. The number of Topliss-reactive ketones (excluding diaryl/α,β-unsaturated/α-hetero) is 1. The summed E-state index contributed by atoms with van der Waals surface area (Å²) in [6.45, 7) is -0.336. The monoisotopic (exact) mass is 374 g/mol. The van der Waals surface area contributed by atoms with Crippen molar-refractivity contribution in [1.29, 1.82) is 0 Å². The summed E-state index contributed by atoms with van der Waals surface area (Å²) in [5.41, 5.74) is 0.549. The molecule has 2 aromatic carbocycles. The lowest BCUT2D eigenvalue weighted by Gasteiger charge is -2.15. The summed E-state index contributed by atoms with van der Waals surface area (Å²) < 4.78 is 15.7. The second-order valence-corrected chi connectivity index (χ2v) is 6.59. The quantitative estimate of drug-likeness (QED) is 0.544. The van der Waals surface area contributed by atoms with E-state index in [0.29, 0.717) is 34.9 Å². The SMILES string of the molecule is COc1ccc(C(=O)COC(=O)C2(c3ccc(Cl)cc3)CC2)c(OC)c1. The van der Waals surface area contributed by atoms with Crippen LogP contribution in [0.5, 0.6) is 11.5 Å². The number of carbonyl (C=O) groups is 2. The van der Waals surface area contributed by atoms with Crippen molar-refractivity contribution < 1.29 is 23.8 Å². The minimum atomic E-state index is -0.658. The number of benzene rings is 2. The van der Waals surface area contributed by atoms with Crippen molar-refractivity contribution >= 4 is 23.4 Å². The van der Waals surface area contributed by atoms with E-state index in [1.807, 2.05) is 12.1 Å². The number of methoxy groups -OCH3 is 2. The van der Waals surface area contributed by atoms with Crippen LogP contribution in [0.25, 0.3) is 0 Å². The Kier molecular flexibility index (Phi) is 5.18. The van der Waals surface area contributed by atoms with Gasteiger partial charge in [0.25, 0.3) is 0 Å². The van der Waals surface area contributed by atoms with E-state index in [0.717, 1.165) is 5.56 Å². The highest BCUT2D eigenvalue weighted by atomic mass is 35.5. The van der Waals surface area contributed by atoms with Crippen LogP contribution >= 0.6 is 11.6 Å². The third-order valence-electron chi connectivity index (χ3n) is 4.58. The van der Waals surface area contributed by atoms with Crippen LogP contribution in [0.1, 0.15) is 28.8 Å². The molecular formula is C20H19ClO5. The van der Waals surface area contributed by atoms with Gasteiger partial charge in [0.1, 0.15) is 11.5 Å². The molecule has 5 nitrogen and oxygen atoms in total. The Morgan fingerprint density at radius 3 is 2.31 bits per heavy atom. The van der Waals surface area contributed by atoms with Gasteiger partial charge in [-0.3, -0.25) is 9.59 Å². The molecule has 26 heavy (non-hydrogen) atoms. The number of rotatable bonds is 7. The van der Waals surface area contributed by atoms with Gasteiger partial charge in [0.2, 0.25) is 5.78 Å². The van der Waals surface area contributed by atoms with E-state index in [1.165, 1.54) is 14.2 Å². The number of ketones is 1. The van der Waals surface area contributed by atoms with Gasteiger partial charge in [-0.15, -0.1) is 0 Å². The molecular weight excluding hydrogens is 356 g/mol. The van der Waals surface area contributed by atoms with Gasteiger partial charge in [0.15, 0.2) is 6.61 Å². The Morgan fingerprint density at radius 2 is 1.73 bits per heavy atom. The van der Waals surface area contributed by atoms with Gasteiger partial charge in [0.05, 0.1) is 25.2 Å². The lowest BCUT2D eigenvalue weighted by Crippen LogP contribution is -2.26. The minimum Gasteiger partial charge on any atom is -0.497 e. The zero-order valence-corrected chi connectivity index (χ0v) is 15.3. The van der Waals surface area contributed by atoms with Crippen LogP contribution in [0.3, 0.4) is 0 Å². The molecule has 0 atom stereocenters. The normalized spacial score (nSPS) is 14.4. The molecule has 0 spiro atoms. The average molecular weight is 375 g/mol. The van der Waals surface area contributed by atoms with Crippen molar-refractivity contribution in [3.63, 3.8) is 0 Å². The molecule has 0 heterocycles. The molecule has 0 bridgehead atoms. The highest BCUT2D eigenvalue weighted by molar-refractivity contribution is 6.30.